The Morgan fingerprint density at radius 3 is 2.41 bits per heavy atom. The molecule has 0 saturated carbocycles. The number of nitrogens with one attached hydrogen (secondary N) is 3. The van der Waals surface area contributed by atoms with Crippen LogP contribution in [-0.4, -0.2) is 67.0 Å². The van der Waals surface area contributed by atoms with Crippen LogP contribution in [-0.2, 0) is 27.3 Å². The molecule has 1 saturated heterocycles. The molecule has 1 aromatic heterocycles. The number of hydrogen-bond acceptors (Lipinski definition) is 7. The van der Waals surface area contributed by atoms with E-state index in [1.807, 2.05) is 30.3 Å². The number of H-pyrrole nitrogens is 1. The summed E-state index contributed by atoms with van der Waals surface area (Å²) < 4.78 is 1.23. The fraction of sp³-hybridized carbons (Fsp3) is 0.296. The standard InChI is InChI=1S/C27H28N6O7S/c28-22(36)17(14-20(34)35)29-23(37)16-9-6-10-19-21(16)31-24(38)26(40)32(19)11-4-5-12-33-25(39)18(30-27(33)41)13-15-7-2-1-3-8-15/h1-3,6-10,17-18H,4-5,11-14H2,(H2,28,36)(H,29,37)(H,30,41)(H,31,38)(H,34,35)/t17-,18?/m0/s1. The minimum Gasteiger partial charge on any atom is -0.481 e. The summed E-state index contributed by atoms with van der Waals surface area (Å²) in [4.78, 5) is 77.5. The number of carboxylic acids is 1. The summed E-state index contributed by atoms with van der Waals surface area (Å²) in [6, 6.07) is 12.0. The van der Waals surface area contributed by atoms with Crippen molar-refractivity contribution in [3.05, 3.63) is 80.4 Å². The molecule has 214 valence electrons. The van der Waals surface area contributed by atoms with E-state index in [1.54, 1.807) is 6.07 Å². The van der Waals surface area contributed by atoms with Crippen LogP contribution >= 0.6 is 12.2 Å². The van der Waals surface area contributed by atoms with E-state index >= 15 is 0 Å². The molecule has 13 nitrogen and oxygen atoms in total. The number of aliphatic carboxylic acids is 1. The Bertz CT molecular complexity index is 1630. The molecule has 1 aliphatic heterocycles. The normalized spacial score (nSPS) is 15.5. The molecule has 0 spiro atoms. The van der Waals surface area contributed by atoms with Crippen LogP contribution in [0, 0.1) is 0 Å². The first-order valence-electron chi connectivity index (χ1n) is 12.8. The number of nitrogens with zero attached hydrogens (tertiary/aromatic N) is 2. The van der Waals surface area contributed by atoms with Crippen LogP contribution in [0.2, 0.25) is 0 Å². The van der Waals surface area contributed by atoms with Gasteiger partial charge in [0.05, 0.1) is 23.0 Å². The van der Waals surface area contributed by atoms with E-state index in [4.69, 9.17) is 23.1 Å². The van der Waals surface area contributed by atoms with Gasteiger partial charge in [0.15, 0.2) is 5.11 Å². The number of carbonyl (C=O) groups is 4. The largest absolute Gasteiger partial charge is 0.481 e. The Morgan fingerprint density at radius 2 is 1.73 bits per heavy atom. The maximum absolute atomic E-state index is 12.9. The van der Waals surface area contributed by atoms with Crippen molar-refractivity contribution in [3.8, 4) is 0 Å². The fourth-order valence-electron chi connectivity index (χ4n) is 4.66. The molecule has 3 amide bonds. The molecule has 2 heterocycles. The number of aromatic nitrogens is 2. The van der Waals surface area contributed by atoms with Gasteiger partial charge < -0.3 is 31.0 Å². The van der Waals surface area contributed by atoms with Gasteiger partial charge in [-0.2, -0.15) is 0 Å². The summed E-state index contributed by atoms with van der Waals surface area (Å²) in [6.45, 7) is 0.431. The van der Waals surface area contributed by atoms with Crippen LogP contribution in [0.15, 0.2) is 58.1 Å². The zero-order valence-corrected chi connectivity index (χ0v) is 22.6. The molecule has 14 heteroatoms. The van der Waals surface area contributed by atoms with Crippen molar-refractivity contribution in [2.75, 3.05) is 6.54 Å². The zero-order chi connectivity index (χ0) is 29.7. The van der Waals surface area contributed by atoms with E-state index in [-0.39, 0.29) is 29.0 Å². The lowest BCUT2D eigenvalue weighted by Gasteiger charge is -2.17. The second-order valence-corrected chi connectivity index (χ2v) is 9.91. The lowest BCUT2D eigenvalue weighted by molar-refractivity contribution is -0.139. The smallest absolute Gasteiger partial charge is 0.316 e. The Hall–Kier alpha value is -4.85. The summed E-state index contributed by atoms with van der Waals surface area (Å²) in [5, 5.41) is 14.6. The van der Waals surface area contributed by atoms with Gasteiger partial charge in [0, 0.05) is 19.5 Å². The van der Waals surface area contributed by atoms with E-state index < -0.39 is 47.4 Å². The van der Waals surface area contributed by atoms with Crippen LogP contribution < -0.4 is 27.5 Å². The van der Waals surface area contributed by atoms with E-state index in [0.29, 0.717) is 30.9 Å². The van der Waals surface area contributed by atoms with Crippen molar-refractivity contribution < 1.29 is 24.3 Å². The first kappa shape index (κ1) is 29.1. The Morgan fingerprint density at radius 1 is 1.02 bits per heavy atom. The average Bonchev–Trinajstić information content (AvgIpc) is 3.19. The molecule has 2 aromatic carbocycles. The third-order valence-electron chi connectivity index (χ3n) is 6.69. The van der Waals surface area contributed by atoms with E-state index in [9.17, 15) is 28.8 Å². The molecule has 6 N–H and O–H groups in total. The first-order valence-corrected chi connectivity index (χ1v) is 13.2. The maximum Gasteiger partial charge on any atom is 0.316 e. The number of amides is 3. The number of nitrogens with two attached hydrogens (primary N) is 1. The third-order valence-corrected chi connectivity index (χ3v) is 7.02. The van der Waals surface area contributed by atoms with Crippen LogP contribution in [0.1, 0.15) is 35.2 Å². The number of hydrogen-bond donors (Lipinski definition) is 5. The molecular weight excluding hydrogens is 552 g/mol. The second kappa shape index (κ2) is 12.6. The highest BCUT2D eigenvalue weighted by atomic mass is 32.1. The summed E-state index contributed by atoms with van der Waals surface area (Å²) in [7, 11) is 0. The SMILES string of the molecule is NC(=O)[C@H](CC(=O)O)NC(=O)c1cccc2c1[nH]c(=O)c(=O)n2CCCCN1C(=O)C(Cc2ccccc2)NC1=S. The van der Waals surface area contributed by atoms with Gasteiger partial charge in [0.1, 0.15) is 12.1 Å². The number of aryl methyl sites for hydroxylation is 1. The van der Waals surface area contributed by atoms with Crippen molar-refractivity contribution in [2.45, 2.75) is 44.3 Å². The molecule has 1 unspecified atom stereocenters. The zero-order valence-electron chi connectivity index (χ0n) is 21.8. The molecule has 4 rings (SSSR count). The quantitative estimate of drug-likeness (QED) is 0.110. The fourth-order valence-corrected chi connectivity index (χ4v) is 4.98. The lowest BCUT2D eigenvalue weighted by atomic mass is 10.1. The summed E-state index contributed by atoms with van der Waals surface area (Å²) in [5.41, 5.74) is 4.65. The van der Waals surface area contributed by atoms with Crippen LogP contribution in [0.4, 0.5) is 0 Å². The monoisotopic (exact) mass is 580 g/mol. The molecule has 3 aromatic rings. The number of unbranched alkanes of at least 4 members (excludes halogenated alkanes) is 1. The van der Waals surface area contributed by atoms with Gasteiger partial charge in [-0.1, -0.05) is 36.4 Å². The maximum atomic E-state index is 12.9. The van der Waals surface area contributed by atoms with E-state index in [0.717, 1.165) is 5.56 Å². The number of rotatable bonds is 12. The highest BCUT2D eigenvalue weighted by Gasteiger charge is 2.34. The summed E-state index contributed by atoms with van der Waals surface area (Å²) in [5.74, 6) is -3.36. The minimum atomic E-state index is -1.48. The van der Waals surface area contributed by atoms with E-state index in [2.05, 4.69) is 15.6 Å². The third kappa shape index (κ3) is 6.66. The second-order valence-electron chi connectivity index (χ2n) is 9.53. The van der Waals surface area contributed by atoms with Crippen LogP contribution in [0.5, 0.6) is 0 Å². The highest BCUT2D eigenvalue weighted by molar-refractivity contribution is 7.80. The molecule has 0 bridgehead atoms. The lowest BCUT2D eigenvalue weighted by Crippen LogP contribution is -2.46. The number of carbonyl (C=O) groups excluding carboxylic acids is 3. The highest BCUT2D eigenvalue weighted by Crippen LogP contribution is 2.17. The first-order chi connectivity index (χ1) is 19.6. The van der Waals surface area contributed by atoms with Crippen LogP contribution in [0.3, 0.4) is 0 Å². The Labute approximate surface area is 238 Å². The van der Waals surface area contributed by atoms with Crippen molar-refractivity contribution >= 4 is 52.1 Å². The number of thiocarbonyl (C=S) groups is 1. The predicted molar refractivity (Wildman–Crippen MR) is 152 cm³/mol. The summed E-state index contributed by atoms with van der Waals surface area (Å²) in [6.07, 6.45) is 0.657. The van der Waals surface area contributed by atoms with Gasteiger partial charge in [-0.25, -0.2) is 0 Å². The number of carboxylic acid groups (broad SMARTS) is 1. The average molecular weight is 581 g/mol. The van der Waals surface area contributed by atoms with Gasteiger partial charge in [-0.05, 0) is 42.8 Å². The van der Waals surface area contributed by atoms with Crippen molar-refractivity contribution in [1.82, 2.24) is 25.1 Å². The van der Waals surface area contributed by atoms with Crippen molar-refractivity contribution in [3.63, 3.8) is 0 Å². The molecule has 1 aliphatic rings. The molecule has 2 atom stereocenters. The predicted octanol–water partition coefficient (Wildman–Crippen LogP) is -0.144. The molecule has 1 fully saturated rings. The van der Waals surface area contributed by atoms with Crippen LogP contribution in [0.25, 0.3) is 11.0 Å². The van der Waals surface area contributed by atoms with Crippen molar-refractivity contribution in [2.24, 2.45) is 5.73 Å². The number of aromatic amines is 1. The molecule has 41 heavy (non-hydrogen) atoms. The Balaban J connectivity index is 1.46. The number of benzene rings is 2. The van der Waals surface area contributed by atoms with Crippen molar-refractivity contribution in [1.29, 1.82) is 0 Å². The van der Waals surface area contributed by atoms with Gasteiger partial charge >= 0.3 is 17.1 Å². The molecular formula is C27H28N6O7S. The van der Waals surface area contributed by atoms with Gasteiger partial charge in [-0.3, -0.25) is 33.7 Å². The Kier molecular flexibility index (Phi) is 8.92. The van der Waals surface area contributed by atoms with E-state index in [1.165, 1.54) is 21.6 Å². The minimum absolute atomic E-state index is 0.0389. The van der Waals surface area contributed by atoms with Gasteiger partial charge in [0.25, 0.3) is 11.8 Å². The number of primary amides is 1. The summed E-state index contributed by atoms with van der Waals surface area (Å²) >= 11 is 5.36. The number of fused-ring (bicyclic) bond motifs is 1. The topological polar surface area (TPSA) is 197 Å². The van der Waals surface area contributed by atoms with Gasteiger partial charge in [0.2, 0.25) is 5.91 Å². The number of para-hydroxylation sites is 1. The molecule has 0 radical (unpaired) electrons. The van der Waals surface area contributed by atoms with Gasteiger partial charge in [-0.15, -0.1) is 0 Å². The molecule has 0 aliphatic carbocycles.